The first-order valence-electron chi connectivity index (χ1n) is 12.3. The number of alkyl halides is 6. The maximum Gasteiger partial charge on any atom is 0.573 e. The predicted octanol–water partition coefficient (Wildman–Crippen LogP) is 5.45. The highest BCUT2D eigenvalue weighted by atomic mass is 32.2. The molecular formula is C27H23F7N6O3S. The molecule has 0 unspecified atom stereocenters. The number of hydrogen-bond acceptors (Lipinski definition) is 7. The third kappa shape index (κ3) is 6.79. The molecule has 234 valence electrons. The largest absolute Gasteiger partial charge is 0.573 e. The van der Waals surface area contributed by atoms with Crippen LogP contribution in [0.5, 0.6) is 5.75 Å². The second-order valence-electron chi connectivity index (χ2n) is 9.10. The quantitative estimate of drug-likeness (QED) is 0.132. The number of aryl methyl sites for hydroxylation is 1. The van der Waals surface area contributed by atoms with Crippen LogP contribution in [-0.4, -0.2) is 31.4 Å². The Morgan fingerprint density at radius 2 is 1.68 bits per heavy atom. The Morgan fingerprint density at radius 1 is 1.02 bits per heavy atom. The zero-order valence-electron chi connectivity index (χ0n) is 22.7. The Hall–Kier alpha value is -4.61. The Bertz CT molecular complexity index is 1820. The highest BCUT2D eigenvalue weighted by Gasteiger charge is 2.35. The van der Waals surface area contributed by atoms with Crippen LogP contribution < -0.4 is 26.0 Å². The van der Waals surface area contributed by atoms with Crippen LogP contribution in [0, 0.1) is 12.7 Å². The standard InChI is InChI=1S/C27H23F7N6O3S/c1-15-38-24(26(29,30)31)14-39(15)25-21(28)11-18(17-4-3-5-20(10-17)44(41,42)37-2)12-22(25)40(36)23(13-35)16-6-8-19(9-7-16)43-27(32,33)34/h3-14,37H,35-36H2,1-2H3/b23-13-. The first-order valence-corrected chi connectivity index (χ1v) is 13.8. The molecule has 0 saturated carbocycles. The van der Waals surface area contributed by atoms with Gasteiger partial charge in [0.2, 0.25) is 10.0 Å². The van der Waals surface area contributed by atoms with Crippen LogP contribution in [0.1, 0.15) is 17.1 Å². The van der Waals surface area contributed by atoms with Crippen molar-refractivity contribution in [3.8, 4) is 22.6 Å². The molecule has 0 spiro atoms. The van der Waals surface area contributed by atoms with Crippen LogP contribution in [0.25, 0.3) is 22.5 Å². The minimum Gasteiger partial charge on any atom is -0.406 e. The van der Waals surface area contributed by atoms with Gasteiger partial charge in [-0.05, 0) is 73.6 Å². The van der Waals surface area contributed by atoms with E-state index in [1.54, 1.807) is 0 Å². The lowest BCUT2D eigenvalue weighted by molar-refractivity contribution is -0.274. The molecule has 4 aromatic rings. The second-order valence-corrected chi connectivity index (χ2v) is 11.0. The number of ether oxygens (including phenoxy) is 1. The fraction of sp³-hybridized carbons (Fsp3) is 0.148. The number of sulfonamides is 1. The van der Waals surface area contributed by atoms with E-state index in [9.17, 15) is 34.8 Å². The number of nitrogens with zero attached hydrogens (tertiary/aromatic N) is 3. The number of imidazole rings is 1. The Morgan fingerprint density at radius 3 is 2.23 bits per heavy atom. The summed E-state index contributed by atoms with van der Waals surface area (Å²) in [4.78, 5) is 3.33. The van der Waals surface area contributed by atoms with Crippen molar-refractivity contribution >= 4 is 21.4 Å². The first-order chi connectivity index (χ1) is 20.4. The lowest BCUT2D eigenvalue weighted by Gasteiger charge is -2.26. The normalized spacial score (nSPS) is 12.8. The summed E-state index contributed by atoms with van der Waals surface area (Å²) in [6.07, 6.45) is -8.30. The molecule has 0 aliphatic carbocycles. The van der Waals surface area contributed by atoms with Gasteiger partial charge in [0, 0.05) is 18.0 Å². The van der Waals surface area contributed by atoms with E-state index in [0.29, 0.717) is 6.20 Å². The summed E-state index contributed by atoms with van der Waals surface area (Å²) in [6.45, 7) is 1.21. The van der Waals surface area contributed by atoms with E-state index < -0.39 is 45.5 Å². The zero-order chi connectivity index (χ0) is 32.6. The fourth-order valence-electron chi connectivity index (χ4n) is 4.24. The Labute approximate surface area is 246 Å². The van der Waals surface area contributed by atoms with Gasteiger partial charge in [-0.25, -0.2) is 28.4 Å². The van der Waals surface area contributed by atoms with Crippen LogP contribution in [0.4, 0.5) is 36.4 Å². The van der Waals surface area contributed by atoms with Gasteiger partial charge < -0.3 is 10.5 Å². The highest BCUT2D eigenvalue weighted by molar-refractivity contribution is 7.89. The monoisotopic (exact) mass is 644 g/mol. The van der Waals surface area contributed by atoms with Gasteiger partial charge in [0.15, 0.2) is 5.69 Å². The number of benzene rings is 3. The average molecular weight is 645 g/mol. The molecule has 0 amide bonds. The van der Waals surface area contributed by atoms with Crippen molar-refractivity contribution in [1.82, 2.24) is 14.3 Å². The number of hydrogen-bond donors (Lipinski definition) is 3. The van der Waals surface area contributed by atoms with Crippen molar-refractivity contribution in [3.63, 3.8) is 0 Å². The summed E-state index contributed by atoms with van der Waals surface area (Å²) in [5.74, 6) is 4.50. The molecule has 0 aliphatic heterocycles. The van der Waals surface area contributed by atoms with Crippen molar-refractivity contribution in [1.29, 1.82) is 0 Å². The molecule has 3 aromatic carbocycles. The molecule has 0 aliphatic rings. The van der Waals surface area contributed by atoms with Gasteiger partial charge >= 0.3 is 12.5 Å². The van der Waals surface area contributed by atoms with Crippen LogP contribution in [-0.2, 0) is 16.2 Å². The van der Waals surface area contributed by atoms with E-state index in [4.69, 9.17) is 11.6 Å². The topological polar surface area (TPSA) is 128 Å². The molecule has 1 aromatic heterocycles. The SMILES string of the molecule is CNS(=O)(=O)c1cccc(-c2cc(F)c(-n3cc(C(F)(F)F)nc3C)c(N(N)/C(=C\N)c3ccc(OC(F)(F)F)cc3)c2)c1. The average Bonchev–Trinajstić information content (AvgIpc) is 3.34. The molecular weight excluding hydrogens is 621 g/mol. The van der Waals surface area contributed by atoms with Gasteiger partial charge in [-0.3, -0.25) is 9.58 Å². The predicted molar refractivity (Wildman–Crippen MR) is 147 cm³/mol. The van der Waals surface area contributed by atoms with Crippen LogP contribution in [0.15, 0.2) is 78.0 Å². The van der Waals surface area contributed by atoms with Gasteiger partial charge in [-0.2, -0.15) is 13.2 Å². The summed E-state index contributed by atoms with van der Waals surface area (Å²) in [6, 6.07) is 12.0. The molecule has 4 rings (SSSR count). The second kappa shape index (κ2) is 11.8. The summed E-state index contributed by atoms with van der Waals surface area (Å²) in [7, 11) is -2.71. The number of rotatable bonds is 8. The van der Waals surface area contributed by atoms with Crippen molar-refractivity contribution < 1.29 is 43.9 Å². The smallest absolute Gasteiger partial charge is 0.406 e. The number of nitrogens with two attached hydrogens (primary N) is 2. The first kappa shape index (κ1) is 32.3. The molecule has 0 fully saturated rings. The minimum absolute atomic E-state index is 0.0731. The van der Waals surface area contributed by atoms with Crippen LogP contribution in [0.3, 0.4) is 0 Å². The van der Waals surface area contributed by atoms with Crippen LogP contribution >= 0.6 is 0 Å². The van der Waals surface area contributed by atoms with Gasteiger partial charge in [-0.1, -0.05) is 12.1 Å². The Kier molecular flexibility index (Phi) is 8.68. The summed E-state index contributed by atoms with van der Waals surface area (Å²) in [5.41, 5.74) is 4.05. The van der Waals surface area contributed by atoms with Crippen molar-refractivity contribution in [2.75, 3.05) is 12.1 Å². The molecule has 0 bridgehead atoms. The maximum absolute atomic E-state index is 16.0. The van der Waals surface area contributed by atoms with E-state index in [2.05, 4.69) is 14.4 Å². The molecule has 5 N–H and O–H groups in total. The minimum atomic E-state index is -4.96. The number of aromatic nitrogens is 2. The lowest BCUT2D eigenvalue weighted by atomic mass is 10.0. The molecule has 9 nitrogen and oxygen atoms in total. The van der Waals surface area contributed by atoms with E-state index in [0.717, 1.165) is 34.0 Å². The lowest BCUT2D eigenvalue weighted by Crippen LogP contribution is -2.31. The van der Waals surface area contributed by atoms with Crippen molar-refractivity contribution in [2.24, 2.45) is 11.6 Å². The number of nitrogens with one attached hydrogen (secondary N) is 1. The summed E-state index contributed by atoms with van der Waals surface area (Å²) < 4.78 is 126. The number of hydrazine groups is 1. The number of anilines is 1. The molecule has 0 saturated heterocycles. The summed E-state index contributed by atoms with van der Waals surface area (Å²) in [5, 5.41) is 0.822. The summed E-state index contributed by atoms with van der Waals surface area (Å²) >= 11 is 0. The molecule has 44 heavy (non-hydrogen) atoms. The third-order valence-electron chi connectivity index (χ3n) is 6.26. The molecule has 0 radical (unpaired) electrons. The van der Waals surface area contributed by atoms with Crippen molar-refractivity contribution in [3.05, 3.63) is 96.0 Å². The Balaban J connectivity index is 1.92. The zero-order valence-corrected chi connectivity index (χ0v) is 23.5. The molecule has 1 heterocycles. The van der Waals surface area contributed by atoms with Gasteiger partial charge in [0.1, 0.15) is 23.1 Å². The van der Waals surface area contributed by atoms with E-state index in [-0.39, 0.29) is 38.8 Å². The number of halogens is 7. The van der Waals surface area contributed by atoms with E-state index in [1.165, 1.54) is 56.4 Å². The molecule has 17 heteroatoms. The van der Waals surface area contributed by atoms with Gasteiger partial charge in [-0.15, -0.1) is 13.2 Å². The highest BCUT2D eigenvalue weighted by Crippen LogP contribution is 2.38. The maximum atomic E-state index is 16.0. The van der Waals surface area contributed by atoms with Crippen molar-refractivity contribution in [2.45, 2.75) is 24.4 Å². The fourth-order valence-corrected chi connectivity index (χ4v) is 5.02. The van der Waals surface area contributed by atoms with Crippen LogP contribution in [0.2, 0.25) is 0 Å². The molecule has 0 atom stereocenters. The van der Waals surface area contributed by atoms with Gasteiger partial charge in [0.05, 0.1) is 16.3 Å². The third-order valence-corrected chi connectivity index (χ3v) is 7.68. The van der Waals surface area contributed by atoms with E-state index in [1.807, 2.05) is 0 Å². The van der Waals surface area contributed by atoms with E-state index >= 15 is 4.39 Å². The van der Waals surface area contributed by atoms with Gasteiger partial charge in [0.25, 0.3) is 0 Å².